The molecule has 0 saturated carbocycles. The van der Waals surface area contributed by atoms with Gasteiger partial charge in [-0.25, -0.2) is 0 Å². The highest BCUT2D eigenvalue weighted by Crippen LogP contribution is 2.34. The molecule has 2 unspecified atom stereocenters. The molecule has 12 heteroatoms. The Hall–Kier alpha value is -2.92. The zero-order chi connectivity index (χ0) is 33.3. The molecule has 1 fully saturated rings. The van der Waals surface area contributed by atoms with Crippen LogP contribution in [-0.4, -0.2) is 103 Å². The second-order valence-electron chi connectivity index (χ2n) is 11.6. The number of unbranched alkanes of at least 4 members (excludes halogenated alkanes) is 2. The van der Waals surface area contributed by atoms with E-state index in [9.17, 15) is 9.59 Å². The van der Waals surface area contributed by atoms with Crippen LogP contribution in [0.5, 0.6) is 23.0 Å². The van der Waals surface area contributed by atoms with Crippen molar-refractivity contribution in [3.8, 4) is 23.0 Å². The molecule has 0 bridgehead atoms. The summed E-state index contributed by atoms with van der Waals surface area (Å²) in [5.74, 6) is 1.40. The highest BCUT2D eigenvalue weighted by Gasteiger charge is 2.26. The summed E-state index contributed by atoms with van der Waals surface area (Å²) in [4.78, 5) is 30.9. The molecule has 10 nitrogen and oxygen atoms in total. The molecule has 1 aliphatic rings. The van der Waals surface area contributed by atoms with E-state index in [1.165, 1.54) is 0 Å². The van der Waals surface area contributed by atoms with E-state index in [1.54, 1.807) is 28.4 Å². The van der Waals surface area contributed by atoms with Gasteiger partial charge in [-0.15, -0.1) is 24.8 Å². The van der Waals surface area contributed by atoms with Crippen LogP contribution in [0.15, 0.2) is 36.4 Å². The molecular weight excluding hydrogens is 659 g/mol. The van der Waals surface area contributed by atoms with Crippen molar-refractivity contribution in [2.75, 3.05) is 80.9 Å². The molecule has 0 aliphatic carbocycles. The third-order valence-electron chi connectivity index (χ3n) is 8.65. The minimum absolute atomic E-state index is 0. The van der Waals surface area contributed by atoms with Gasteiger partial charge in [-0.05, 0) is 48.2 Å². The van der Waals surface area contributed by atoms with Gasteiger partial charge in [0.25, 0.3) is 0 Å². The summed E-state index contributed by atoms with van der Waals surface area (Å²) in [6.45, 7) is 9.77. The maximum atomic E-state index is 13.2. The van der Waals surface area contributed by atoms with Crippen LogP contribution in [-0.2, 0) is 19.1 Å². The lowest BCUT2D eigenvalue weighted by Crippen LogP contribution is -2.48. The molecule has 0 N–H and O–H groups in total. The van der Waals surface area contributed by atoms with Gasteiger partial charge in [0.2, 0.25) is 0 Å². The predicted molar refractivity (Wildman–Crippen MR) is 193 cm³/mol. The van der Waals surface area contributed by atoms with E-state index in [-0.39, 0.29) is 48.6 Å². The third kappa shape index (κ3) is 12.8. The van der Waals surface area contributed by atoms with E-state index in [2.05, 4.69) is 23.6 Å². The number of hydrogen-bond donors (Lipinski definition) is 0. The number of benzene rings is 2. The van der Waals surface area contributed by atoms with Gasteiger partial charge in [0.15, 0.2) is 23.0 Å². The van der Waals surface area contributed by atoms with Crippen LogP contribution in [0, 0.1) is 0 Å². The molecule has 1 saturated heterocycles. The number of hydrogen-bond acceptors (Lipinski definition) is 10. The van der Waals surface area contributed by atoms with Gasteiger partial charge < -0.3 is 28.4 Å². The minimum Gasteiger partial charge on any atom is -0.493 e. The van der Waals surface area contributed by atoms with Gasteiger partial charge in [0.1, 0.15) is 13.2 Å². The van der Waals surface area contributed by atoms with Crippen molar-refractivity contribution < 1.29 is 38.0 Å². The molecule has 1 aliphatic heterocycles. The Morgan fingerprint density at radius 2 is 0.958 bits per heavy atom. The fourth-order valence-corrected chi connectivity index (χ4v) is 5.79. The quantitative estimate of drug-likeness (QED) is 0.141. The molecule has 2 atom stereocenters. The molecule has 0 aromatic heterocycles. The lowest BCUT2D eigenvalue weighted by Gasteiger charge is -2.34. The van der Waals surface area contributed by atoms with Crippen LogP contribution in [0.4, 0.5) is 0 Å². The summed E-state index contributed by atoms with van der Waals surface area (Å²) in [7, 11) is 6.39. The first-order valence-corrected chi connectivity index (χ1v) is 16.6. The van der Waals surface area contributed by atoms with Gasteiger partial charge in [-0.1, -0.05) is 51.7 Å². The summed E-state index contributed by atoms with van der Waals surface area (Å²) in [5.41, 5.74) is 1.76. The molecule has 0 amide bonds. The second kappa shape index (κ2) is 23.4. The second-order valence-corrected chi connectivity index (χ2v) is 11.6. The zero-order valence-corrected chi connectivity index (χ0v) is 31.1. The monoisotopic (exact) mass is 714 g/mol. The van der Waals surface area contributed by atoms with E-state index < -0.39 is 0 Å². The maximum absolute atomic E-state index is 13.2. The number of nitrogens with zero attached hydrogens (tertiary/aromatic N) is 2. The topological polar surface area (TPSA) is 96.0 Å². The molecule has 3 rings (SSSR count). The van der Waals surface area contributed by atoms with Gasteiger partial charge in [-0.3, -0.25) is 19.4 Å². The summed E-state index contributed by atoms with van der Waals surface area (Å²) in [6.07, 6.45) is 5.31. The summed E-state index contributed by atoms with van der Waals surface area (Å²) >= 11 is 0. The Morgan fingerprint density at radius 1 is 0.604 bits per heavy atom. The fraction of sp³-hybridized carbons (Fsp3) is 0.611. The van der Waals surface area contributed by atoms with Crippen molar-refractivity contribution in [2.24, 2.45) is 0 Å². The Kier molecular flexibility index (Phi) is 21.0. The number of carbonyl (C=O) groups excluding carboxylic acids is 2. The van der Waals surface area contributed by atoms with E-state index in [1.807, 2.05) is 36.4 Å². The largest absolute Gasteiger partial charge is 0.493 e. The molecule has 2 aromatic carbocycles. The number of rotatable bonds is 20. The third-order valence-corrected chi connectivity index (χ3v) is 8.65. The number of ether oxygens (including phenoxy) is 6. The molecule has 0 spiro atoms. The van der Waals surface area contributed by atoms with Gasteiger partial charge in [-0.2, -0.15) is 0 Å². The molecular formula is C36H56Cl2N2O8. The fourth-order valence-electron chi connectivity index (χ4n) is 5.79. The average Bonchev–Trinajstić information content (AvgIpc) is 3.09. The van der Waals surface area contributed by atoms with Crippen molar-refractivity contribution in [3.05, 3.63) is 47.5 Å². The van der Waals surface area contributed by atoms with Crippen molar-refractivity contribution in [1.82, 2.24) is 9.80 Å². The van der Waals surface area contributed by atoms with Gasteiger partial charge in [0, 0.05) is 39.3 Å². The van der Waals surface area contributed by atoms with Crippen LogP contribution >= 0.6 is 24.8 Å². The van der Waals surface area contributed by atoms with Crippen molar-refractivity contribution in [1.29, 1.82) is 0 Å². The lowest BCUT2D eigenvalue weighted by molar-refractivity contribution is -0.147. The van der Waals surface area contributed by atoms with Crippen LogP contribution in [0.3, 0.4) is 0 Å². The molecule has 1 heterocycles. The molecule has 0 radical (unpaired) electrons. The highest BCUT2D eigenvalue weighted by molar-refractivity contribution is 5.85. The Labute approximate surface area is 299 Å². The smallest absolute Gasteiger partial charge is 0.313 e. The van der Waals surface area contributed by atoms with E-state index in [0.29, 0.717) is 49.3 Å². The van der Waals surface area contributed by atoms with Crippen LogP contribution < -0.4 is 18.9 Å². The minimum atomic E-state index is -0.340. The van der Waals surface area contributed by atoms with E-state index in [4.69, 9.17) is 28.4 Å². The zero-order valence-electron chi connectivity index (χ0n) is 29.5. The van der Waals surface area contributed by atoms with Crippen molar-refractivity contribution >= 4 is 36.8 Å². The van der Waals surface area contributed by atoms with Gasteiger partial charge in [0.05, 0.1) is 40.3 Å². The van der Waals surface area contributed by atoms with E-state index >= 15 is 0 Å². The predicted octanol–water partition coefficient (Wildman–Crippen LogP) is 6.52. The Balaban J connectivity index is 0.00000576. The first kappa shape index (κ1) is 43.1. The number of carbonyl (C=O) groups is 2. The van der Waals surface area contributed by atoms with Crippen molar-refractivity contribution in [3.63, 3.8) is 0 Å². The first-order chi connectivity index (χ1) is 22.4. The molecule has 48 heavy (non-hydrogen) atoms. The maximum Gasteiger partial charge on any atom is 0.313 e. The number of halogens is 2. The van der Waals surface area contributed by atoms with Crippen molar-refractivity contribution in [2.45, 2.75) is 64.2 Å². The van der Waals surface area contributed by atoms with Crippen LogP contribution in [0.25, 0.3) is 0 Å². The number of esters is 2. The average molecular weight is 716 g/mol. The van der Waals surface area contributed by atoms with Crippen LogP contribution in [0.1, 0.15) is 75.3 Å². The highest BCUT2D eigenvalue weighted by atomic mass is 35.5. The molecule has 272 valence electrons. The lowest BCUT2D eigenvalue weighted by atomic mass is 9.93. The normalized spacial score (nSPS) is 14.5. The standard InChI is InChI=1S/C36H54N2O8.2ClH/c1-7-9-11-29(27-13-15-31(41-3)33(25-27)43-5)35(39)45-23-21-37-17-19-38(20-18-37)22-24-46-36(40)30(12-10-8-2)28-14-16-32(42-4)34(26-28)44-6;;/h13-16,25-26,29-30H,7-12,17-24H2,1-6H3;2*1H. The first-order valence-electron chi connectivity index (χ1n) is 16.6. The Morgan fingerprint density at radius 3 is 1.27 bits per heavy atom. The molecule has 2 aromatic rings. The van der Waals surface area contributed by atoms with Crippen LogP contribution in [0.2, 0.25) is 0 Å². The SMILES string of the molecule is CCCCC(C(=O)OCCN1CCN(CCOC(=O)C(CCCC)c2ccc(OC)c(OC)c2)CC1)c1ccc(OC)c(OC)c1.Cl.Cl. The number of piperazine rings is 1. The Bertz CT molecular complexity index is 1130. The summed E-state index contributed by atoms with van der Waals surface area (Å²) < 4.78 is 33.2. The van der Waals surface area contributed by atoms with Gasteiger partial charge >= 0.3 is 11.9 Å². The number of methoxy groups -OCH3 is 4. The summed E-state index contributed by atoms with van der Waals surface area (Å²) in [6, 6.07) is 11.3. The summed E-state index contributed by atoms with van der Waals surface area (Å²) in [5, 5.41) is 0. The van der Waals surface area contributed by atoms with E-state index in [0.717, 1.165) is 75.8 Å².